The number of methoxy groups -OCH3 is 1. The third-order valence-electron chi connectivity index (χ3n) is 3.32. The molecule has 19 heavy (non-hydrogen) atoms. The van der Waals surface area contributed by atoms with Crippen LogP contribution in [0.3, 0.4) is 0 Å². The molecular formula is C15H25NO3. The molecule has 1 aromatic rings. The Kier molecular flexibility index (Phi) is 6.67. The smallest absolute Gasteiger partial charge is 0.165 e. The van der Waals surface area contributed by atoms with Gasteiger partial charge in [0.15, 0.2) is 11.5 Å². The topological polar surface area (TPSA) is 50.7 Å². The van der Waals surface area contributed by atoms with E-state index in [2.05, 4.69) is 12.2 Å². The summed E-state index contributed by atoms with van der Waals surface area (Å²) in [7, 11) is 1.65. The zero-order valence-electron chi connectivity index (χ0n) is 12.3. The highest BCUT2D eigenvalue weighted by Gasteiger charge is 2.13. The maximum Gasteiger partial charge on any atom is 0.165 e. The molecule has 0 aliphatic carbocycles. The van der Waals surface area contributed by atoms with Crippen LogP contribution in [0.5, 0.6) is 11.5 Å². The molecule has 2 atom stereocenters. The average Bonchev–Trinajstić information content (AvgIpc) is 2.44. The van der Waals surface area contributed by atoms with Crippen molar-refractivity contribution < 1.29 is 14.6 Å². The van der Waals surface area contributed by atoms with Crippen molar-refractivity contribution in [3.05, 3.63) is 23.8 Å². The molecule has 0 spiro atoms. The van der Waals surface area contributed by atoms with Gasteiger partial charge in [-0.05, 0) is 25.8 Å². The van der Waals surface area contributed by atoms with E-state index in [-0.39, 0.29) is 18.6 Å². The first-order chi connectivity index (χ1) is 9.13. The summed E-state index contributed by atoms with van der Waals surface area (Å²) in [5.74, 6) is 1.77. The van der Waals surface area contributed by atoms with Gasteiger partial charge in [-0.1, -0.05) is 19.1 Å². The maximum atomic E-state index is 9.13. The van der Waals surface area contributed by atoms with Crippen molar-refractivity contribution in [3.63, 3.8) is 0 Å². The molecule has 0 heterocycles. The molecule has 0 saturated heterocycles. The van der Waals surface area contributed by atoms with Crippen LogP contribution in [-0.4, -0.2) is 31.5 Å². The third-order valence-corrected chi connectivity index (χ3v) is 3.32. The molecule has 2 unspecified atom stereocenters. The molecule has 0 fully saturated rings. The number of aliphatic hydroxyl groups is 1. The summed E-state index contributed by atoms with van der Waals surface area (Å²) in [5.41, 5.74) is 1.06. The standard InChI is InChI=1S/C15H25NO3/c1-5-19-14-8-6-7-13(15(14)18-4)9-16-12(3)11(2)10-17/h6-8,11-12,16-17H,5,9-10H2,1-4H3. The van der Waals surface area contributed by atoms with Gasteiger partial charge in [-0.3, -0.25) is 0 Å². The molecule has 0 aliphatic heterocycles. The SMILES string of the molecule is CCOc1cccc(CNC(C)C(C)CO)c1OC. The lowest BCUT2D eigenvalue weighted by molar-refractivity contribution is 0.206. The second-order valence-electron chi connectivity index (χ2n) is 4.71. The molecule has 0 radical (unpaired) electrons. The lowest BCUT2D eigenvalue weighted by Crippen LogP contribution is -2.33. The van der Waals surface area contributed by atoms with Crippen molar-refractivity contribution in [2.75, 3.05) is 20.3 Å². The molecule has 1 aromatic carbocycles. The van der Waals surface area contributed by atoms with Gasteiger partial charge in [0.05, 0.1) is 13.7 Å². The minimum atomic E-state index is 0.185. The fourth-order valence-electron chi connectivity index (χ4n) is 1.83. The van der Waals surface area contributed by atoms with Gasteiger partial charge in [-0.2, -0.15) is 0 Å². The summed E-state index contributed by atoms with van der Waals surface area (Å²) in [6, 6.07) is 6.13. The highest BCUT2D eigenvalue weighted by Crippen LogP contribution is 2.31. The van der Waals surface area contributed by atoms with Crippen LogP contribution in [0.2, 0.25) is 0 Å². The lowest BCUT2D eigenvalue weighted by Gasteiger charge is -2.20. The van der Waals surface area contributed by atoms with Crippen molar-refractivity contribution in [2.45, 2.75) is 33.4 Å². The third kappa shape index (κ3) is 4.40. The van der Waals surface area contributed by atoms with E-state index >= 15 is 0 Å². The largest absolute Gasteiger partial charge is 0.493 e. The first-order valence-corrected chi connectivity index (χ1v) is 6.76. The minimum Gasteiger partial charge on any atom is -0.493 e. The molecule has 4 nitrogen and oxygen atoms in total. The Bertz CT molecular complexity index is 382. The number of benzene rings is 1. The van der Waals surface area contributed by atoms with E-state index in [4.69, 9.17) is 14.6 Å². The van der Waals surface area contributed by atoms with Gasteiger partial charge >= 0.3 is 0 Å². The van der Waals surface area contributed by atoms with E-state index in [1.165, 1.54) is 0 Å². The number of nitrogens with one attached hydrogen (secondary N) is 1. The van der Waals surface area contributed by atoms with Crippen molar-refractivity contribution >= 4 is 0 Å². The highest BCUT2D eigenvalue weighted by molar-refractivity contribution is 5.46. The summed E-state index contributed by atoms with van der Waals surface area (Å²) >= 11 is 0. The van der Waals surface area contributed by atoms with Crippen molar-refractivity contribution in [2.24, 2.45) is 5.92 Å². The molecule has 108 valence electrons. The van der Waals surface area contributed by atoms with Gasteiger partial charge in [-0.25, -0.2) is 0 Å². The summed E-state index contributed by atoms with van der Waals surface area (Å²) in [6.07, 6.45) is 0. The average molecular weight is 267 g/mol. The quantitative estimate of drug-likeness (QED) is 0.758. The molecule has 0 aromatic heterocycles. The molecule has 1 rings (SSSR count). The predicted octanol–water partition coefficient (Wildman–Crippen LogP) is 2.20. The van der Waals surface area contributed by atoms with Crippen LogP contribution in [0.1, 0.15) is 26.3 Å². The van der Waals surface area contributed by atoms with E-state index < -0.39 is 0 Å². The fourth-order valence-corrected chi connectivity index (χ4v) is 1.83. The van der Waals surface area contributed by atoms with E-state index in [9.17, 15) is 0 Å². The Morgan fingerprint density at radius 1 is 1.32 bits per heavy atom. The zero-order valence-corrected chi connectivity index (χ0v) is 12.3. The summed E-state index contributed by atoms with van der Waals surface area (Å²) in [6.45, 7) is 7.53. The van der Waals surface area contributed by atoms with Crippen LogP contribution in [0.25, 0.3) is 0 Å². The fraction of sp³-hybridized carbons (Fsp3) is 0.600. The Balaban J connectivity index is 2.75. The Labute approximate surface area is 115 Å². The van der Waals surface area contributed by atoms with Gasteiger partial charge in [0, 0.05) is 24.8 Å². The van der Waals surface area contributed by atoms with E-state index in [1.807, 2.05) is 32.0 Å². The second kappa shape index (κ2) is 8.02. The Morgan fingerprint density at radius 2 is 2.05 bits per heavy atom. The van der Waals surface area contributed by atoms with Gasteiger partial charge in [0.2, 0.25) is 0 Å². The van der Waals surface area contributed by atoms with Crippen LogP contribution in [0.15, 0.2) is 18.2 Å². The number of para-hydroxylation sites is 1. The molecular weight excluding hydrogens is 242 g/mol. The summed E-state index contributed by atoms with van der Waals surface area (Å²) < 4.78 is 11.0. The normalized spacial score (nSPS) is 13.9. The number of hydrogen-bond acceptors (Lipinski definition) is 4. The first-order valence-electron chi connectivity index (χ1n) is 6.76. The summed E-state index contributed by atoms with van der Waals surface area (Å²) in [4.78, 5) is 0. The molecule has 0 bridgehead atoms. The van der Waals surface area contributed by atoms with E-state index in [1.54, 1.807) is 7.11 Å². The monoisotopic (exact) mass is 267 g/mol. The number of rotatable bonds is 8. The molecule has 0 amide bonds. The maximum absolute atomic E-state index is 9.13. The van der Waals surface area contributed by atoms with E-state index in [0.717, 1.165) is 17.1 Å². The molecule has 4 heteroatoms. The van der Waals surface area contributed by atoms with E-state index in [0.29, 0.717) is 13.2 Å². The molecule has 2 N–H and O–H groups in total. The number of aliphatic hydroxyl groups excluding tert-OH is 1. The molecule has 0 aliphatic rings. The van der Waals surface area contributed by atoms with Crippen molar-refractivity contribution in [1.82, 2.24) is 5.32 Å². The van der Waals surface area contributed by atoms with Crippen LogP contribution in [0.4, 0.5) is 0 Å². The summed E-state index contributed by atoms with van der Waals surface area (Å²) in [5, 5.41) is 12.5. The Hall–Kier alpha value is -1.26. The van der Waals surface area contributed by atoms with Crippen LogP contribution in [0, 0.1) is 5.92 Å². The van der Waals surface area contributed by atoms with Crippen LogP contribution >= 0.6 is 0 Å². The highest BCUT2D eigenvalue weighted by atomic mass is 16.5. The van der Waals surface area contributed by atoms with Crippen LogP contribution in [-0.2, 0) is 6.54 Å². The zero-order chi connectivity index (χ0) is 14.3. The lowest BCUT2D eigenvalue weighted by atomic mass is 10.0. The van der Waals surface area contributed by atoms with Gasteiger partial charge in [0.25, 0.3) is 0 Å². The number of ether oxygens (including phenoxy) is 2. The van der Waals surface area contributed by atoms with Crippen LogP contribution < -0.4 is 14.8 Å². The Morgan fingerprint density at radius 3 is 2.63 bits per heavy atom. The van der Waals surface area contributed by atoms with Crippen molar-refractivity contribution in [3.8, 4) is 11.5 Å². The second-order valence-corrected chi connectivity index (χ2v) is 4.71. The van der Waals surface area contributed by atoms with Crippen molar-refractivity contribution in [1.29, 1.82) is 0 Å². The first kappa shape index (κ1) is 15.8. The van der Waals surface area contributed by atoms with Gasteiger partial charge in [-0.15, -0.1) is 0 Å². The predicted molar refractivity (Wildman–Crippen MR) is 76.7 cm³/mol. The number of hydrogen-bond donors (Lipinski definition) is 2. The molecule has 0 saturated carbocycles. The minimum absolute atomic E-state index is 0.185. The van der Waals surface area contributed by atoms with Gasteiger partial charge < -0.3 is 19.9 Å². The van der Waals surface area contributed by atoms with Gasteiger partial charge in [0.1, 0.15) is 0 Å².